The quantitative estimate of drug-likeness (QED) is 0.733. The minimum absolute atomic E-state index is 0.170. The van der Waals surface area contributed by atoms with Gasteiger partial charge in [0, 0.05) is 32.0 Å². The monoisotopic (exact) mass is 421 g/mol. The molecule has 142 valence electrons. The average molecular weight is 422 g/mol. The molecular formula is C20H28BrN3O2. The minimum atomic E-state index is -0.170. The summed E-state index contributed by atoms with van der Waals surface area (Å²) in [5.74, 6) is 1.92. The largest absolute Gasteiger partial charge is 0.490 e. The highest BCUT2D eigenvalue weighted by Crippen LogP contribution is 2.38. The van der Waals surface area contributed by atoms with Crippen molar-refractivity contribution in [1.82, 2.24) is 15.8 Å². The summed E-state index contributed by atoms with van der Waals surface area (Å²) < 4.78 is 6.27. The molecule has 1 amide bonds. The van der Waals surface area contributed by atoms with Gasteiger partial charge in [-0.3, -0.25) is 10.2 Å². The van der Waals surface area contributed by atoms with Gasteiger partial charge in [0.05, 0.1) is 4.83 Å². The highest BCUT2D eigenvalue weighted by molar-refractivity contribution is 9.09. The molecule has 3 unspecified atom stereocenters. The molecule has 2 aliphatic heterocycles. The van der Waals surface area contributed by atoms with Crippen molar-refractivity contribution in [1.29, 1.82) is 0 Å². The molecule has 5 nitrogen and oxygen atoms in total. The number of halogens is 1. The number of rotatable bonds is 4. The molecule has 2 saturated heterocycles. The molecule has 6 heteroatoms. The standard InChI is InChI=1S/C20H28BrN3O2/c1-12-4-3-5-13(2)19(12)26-15-8-10-24(11-9-15)20(25)18-16(21)17(22-23-18)14-6-7-14/h3-5,14-18,22-23H,6-11H2,1-2H3. The van der Waals surface area contributed by atoms with Crippen LogP contribution in [0.15, 0.2) is 18.2 Å². The van der Waals surface area contributed by atoms with Gasteiger partial charge in [0.1, 0.15) is 17.9 Å². The summed E-state index contributed by atoms with van der Waals surface area (Å²) >= 11 is 3.75. The number of nitrogens with one attached hydrogen (secondary N) is 2. The molecule has 26 heavy (non-hydrogen) atoms. The molecule has 1 saturated carbocycles. The first kappa shape index (κ1) is 18.3. The molecule has 2 N–H and O–H groups in total. The van der Waals surface area contributed by atoms with Crippen molar-refractivity contribution < 1.29 is 9.53 Å². The number of carbonyl (C=O) groups excluding carboxylic acids is 1. The Kier molecular flexibility index (Phi) is 5.26. The van der Waals surface area contributed by atoms with E-state index in [2.05, 4.69) is 58.8 Å². The lowest BCUT2D eigenvalue weighted by molar-refractivity contribution is -0.134. The first-order valence-corrected chi connectivity index (χ1v) is 10.6. The lowest BCUT2D eigenvalue weighted by Gasteiger charge is -2.34. The maximum Gasteiger partial charge on any atom is 0.242 e. The number of hydrogen-bond acceptors (Lipinski definition) is 4. The van der Waals surface area contributed by atoms with Gasteiger partial charge in [-0.25, -0.2) is 5.43 Å². The fraction of sp³-hybridized carbons (Fsp3) is 0.650. The topological polar surface area (TPSA) is 53.6 Å². The third-order valence-electron chi connectivity index (χ3n) is 5.91. The molecule has 0 spiro atoms. The van der Waals surface area contributed by atoms with E-state index in [-0.39, 0.29) is 22.9 Å². The van der Waals surface area contributed by atoms with Crippen molar-refractivity contribution in [3.05, 3.63) is 29.3 Å². The number of ether oxygens (including phenoxy) is 1. The summed E-state index contributed by atoms with van der Waals surface area (Å²) in [6, 6.07) is 6.44. The second-order valence-electron chi connectivity index (χ2n) is 7.94. The van der Waals surface area contributed by atoms with Crippen molar-refractivity contribution in [2.45, 2.75) is 62.5 Å². The Balaban J connectivity index is 1.31. The number of hydrogen-bond donors (Lipinski definition) is 2. The van der Waals surface area contributed by atoms with Crippen molar-refractivity contribution in [3.8, 4) is 5.75 Å². The van der Waals surface area contributed by atoms with E-state index in [1.54, 1.807) is 0 Å². The molecule has 1 aromatic rings. The Morgan fingerprint density at radius 3 is 2.38 bits per heavy atom. The second kappa shape index (κ2) is 7.49. The van der Waals surface area contributed by atoms with Crippen LogP contribution in [0.2, 0.25) is 0 Å². The smallest absolute Gasteiger partial charge is 0.242 e. The minimum Gasteiger partial charge on any atom is -0.490 e. The lowest BCUT2D eigenvalue weighted by Crippen LogP contribution is -2.51. The van der Waals surface area contributed by atoms with Crippen LogP contribution in [0.3, 0.4) is 0 Å². The molecule has 3 fully saturated rings. The molecular weight excluding hydrogens is 394 g/mol. The summed E-state index contributed by atoms with van der Waals surface area (Å²) in [4.78, 5) is 15.1. The molecule has 2 heterocycles. The van der Waals surface area contributed by atoms with E-state index in [0.717, 1.165) is 31.7 Å². The molecule has 4 rings (SSSR count). The highest BCUT2D eigenvalue weighted by atomic mass is 79.9. The summed E-state index contributed by atoms with van der Waals surface area (Å²) in [5.41, 5.74) is 8.90. The number of carbonyl (C=O) groups is 1. The van der Waals surface area contributed by atoms with Crippen molar-refractivity contribution >= 4 is 21.8 Å². The Morgan fingerprint density at radius 2 is 1.77 bits per heavy atom. The molecule has 0 aromatic heterocycles. The molecule has 1 aliphatic carbocycles. The maximum absolute atomic E-state index is 12.9. The van der Waals surface area contributed by atoms with E-state index in [0.29, 0.717) is 12.0 Å². The first-order chi connectivity index (χ1) is 12.5. The van der Waals surface area contributed by atoms with Gasteiger partial charge in [-0.05, 0) is 43.7 Å². The van der Waals surface area contributed by atoms with E-state index in [1.807, 2.05) is 4.90 Å². The van der Waals surface area contributed by atoms with Crippen LogP contribution < -0.4 is 15.6 Å². The summed E-state index contributed by atoms with van der Waals surface area (Å²) in [5, 5.41) is 0. The number of likely N-dealkylation sites (tertiary alicyclic amines) is 1. The third-order valence-corrected chi connectivity index (χ3v) is 7.01. The van der Waals surface area contributed by atoms with Crippen LogP contribution in [0.1, 0.15) is 36.8 Å². The number of benzene rings is 1. The fourth-order valence-corrected chi connectivity index (χ4v) is 5.05. The SMILES string of the molecule is Cc1cccc(C)c1OC1CCN(C(=O)C2NNC(C3CC3)C2Br)CC1. The van der Waals surface area contributed by atoms with Gasteiger partial charge in [0.15, 0.2) is 0 Å². The van der Waals surface area contributed by atoms with E-state index < -0.39 is 0 Å². The van der Waals surface area contributed by atoms with Crippen LogP contribution in [0.25, 0.3) is 0 Å². The first-order valence-electron chi connectivity index (χ1n) is 9.71. The van der Waals surface area contributed by atoms with Gasteiger partial charge in [0.25, 0.3) is 0 Å². The van der Waals surface area contributed by atoms with Crippen molar-refractivity contribution in [3.63, 3.8) is 0 Å². The van der Waals surface area contributed by atoms with E-state index in [4.69, 9.17) is 4.74 Å². The summed E-state index contributed by atoms with van der Waals surface area (Å²) in [6.07, 6.45) is 4.50. The Bertz CT molecular complexity index is 651. The zero-order valence-corrected chi connectivity index (χ0v) is 17.1. The number of piperidine rings is 1. The molecule has 3 atom stereocenters. The van der Waals surface area contributed by atoms with Crippen LogP contribution in [0.4, 0.5) is 0 Å². The van der Waals surface area contributed by atoms with Crippen molar-refractivity contribution in [2.75, 3.05) is 13.1 Å². The maximum atomic E-state index is 12.9. The average Bonchev–Trinajstić information content (AvgIpc) is 3.40. The predicted octanol–water partition coefficient (Wildman–Crippen LogP) is 2.69. The van der Waals surface area contributed by atoms with Gasteiger partial charge in [-0.1, -0.05) is 34.1 Å². The molecule has 1 aromatic carbocycles. The molecule has 0 radical (unpaired) electrons. The van der Waals surface area contributed by atoms with Gasteiger partial charge < -0.3 is 9.64 Å². The zero-order valence-electron chi connectivity index (χ0n) is 15.5. The Hall–Kier alpha value is -1.11. The summed E-state index contributed by atoms with van der Waals surface area (Å²) in [6.45, 7) is 5.71. The predicted molar refractivity (Wildman–Crippen MR) is 105 cm³/mol. The number of aryl methyl sites for hydroxylation is 2. The second-order valence-corrected chi connectivity index (χ2v) is 8.99. The van der Waals surface area contributed by atoms with E-state index in [1.165, 1.54) is 24.0 Å². The van der Waals surface area contributed by atoms with E-state index in [9.17, 15) is 4.79 Å². The van der Waals surface area contributed by atoms with Gasteiger partial charge >= 0.3 is 0 Å². The van der Waals surface area contributed by atoms with Crippen molar-refractivity contribution in [2.24, 2.45) is 5.92 Å². The summed E-state index contributed by atoms with van der Waals surface area (Å²) in [7, 11) is 0. The van der Waals surface area contributed by atoms with E-state index >= 15 is 0 Å². The highest BCUT2D eigenvalue weighted by Gasteiger charge is 2.46. The van der Waals surface area contributed by atoms with Crippen LogP contribution in [0.5, 0.6) is 5.75 Å². The molecule has 3 aliphatic rings. The Labute approximate surface area is 163 Å². The van der Waals surface area contributed by atoms with Gasteiger partial charge in [0.2, 0.25) is 5.91 Å². The van der Waals surface area contributed by atoms with Crippen LogP contribution in [-0.2, 0) is 4.79 Å². The normalized spacial score (nSPS) is 29.8. The van der Waals surface area contributed by atoms with Gasteiger partial charge in [-0.15, -0.1) is 0 Å². The van der Waals surface area contributed by atoms with Crippen LogP contribution in [0, 0.1) is 19.8 Å². The number of para-hydroxylation sites is 1. The van der Waals surface area contributed by atoms with Crippen LogP contribution >= 0.6 is 15.9 Å². The fourth-order valence-electron chi connectivity index (χ4n) is 4.13. The van der Waals surface area contributed by atoms with Gasteiger partial charge in [-0.2, -0.15) is 0 Å². The Morgan fingerprint density at radius 1 is 1.12 bits per heavy atom. The number of nitrogens with zero attached hydrogens (tertiary/aromatic N) is 1. The zero-order chi connectivity index (χ0) is 18.3. The van der Waals surface area contributed by atoms with Crippen LogP contribution in [-0.4, -0.2) is 46.9 Å². The number of amides is 1. The third kappa shape index (κ3) is 3.64. The number of alkyl halides is 1. The lowest BCUT2D eigenvalue weighted by atomic mass is 10.0. The molecule has 0 bridgehead atoms. The number of hydrazine groups is 1.